The Kier molecular flexibility index (Phi) is 4.69. The van der Waals surface area contributed by atoms with E-state index in [0.717, 1.165) is 5.56 Å². The van der Waals surface area contributed by atoms with E-state index in [4.69, 9.17) is 10.5 Å². The van der Waals surface area contributed by atoms with Crippen LogP contribution < -0.4 is 5.32 Å². The summed E-state index contributed by atoms with van der Waals surface area (Å²) in [6, 6.07) is 6.65. The van der Waals surface area contributed by atoms with Crippen molar-refractivity contribution in [1.82, 2.24) is 0 Å². The van der Waals surface area contributed by atoms with Crippen LogP contribution in [0.4, 0.5) is 10.1 Å². The summed E-state index contributed by atoms with van der Waals surface area (Å²) in [5.74, 6) is -0.439. The molecule has 1 aromatic rings. The van der Waals surface area contributed by atoms with Crippen LogP contribution in [-0.2, 0) is 5.41 Å². The number of hydrogen-bond acceptors (Lipinski definition) is 3. The lowest BCUT2D eigenvalue weighted by atomic mass is 9.87. The molecule has 0 radical (unpaired) electrons. The molecule has 0 spiro atoms. The molecular formula is C14H13BrFN3. The third-order valence-electron chi connectivity index (χ3n) is 2.51. The molecule has 0 bridgehead atoms. The molecule has 0 aromatic heterocycles. The number of nitrogens with one attached hydrogen (secondary N) is 1. The van der Waals surface area contributed by atoms with Gasteiger partial charge in [0, 0.05) is 10.7 Å². The van der Waals surface area contributed by atoms with Gasteiger partial charge in [0.2, 0.25) is 0 Å². The van der Waals surface area contributed by atoms with Crippen LogP contribution in [0.5, 0.6) is 0 Å². The van der Waals surface area contributed by atoms with E-state index in [9.17, 15) is 4.39 Å². The summed E-state index contributed by atoms with van der Waals surface area (Å²) < 4.78 is 14.6. The first kappa shape index (κ1) is 15.2. The number of rotatable bonds is 2. The highest BCUT2D eigenvalue weighted by Crippen LogP contribution is 2.32. The molecule has 19 heavy (non-hydrogen) atoms. The van der Waals surface area contributed by atoms with Gasteiger partial charge in [-0.1, -0.05) is 20.8 Å². The molecule has 1 rings (SSSR count). The van der Waals surface area contributed by atoms with Crippen LogP contribution in [0.25, 0.3) is 0 Å². The van der Waals surface area contributed by atoms with Gasteiger partial charge in [0.25, 0.3) is 0 Å². The number of allylic oxidation sites excluding steroid dienone is 1. The topological polar surface area (TPSA) is 59.6 Å². The van der Waals surface area contributed by atoms with E-state index in [1.54, 1.807) is 12.1 Å². The number of halogens is 2. The van der Waals surface area contributed by atoms with E-state index in [1.807, 2.05) is 26.8 Å². The van der Waals surface area contributed by atoms with Gasteiger partial charge in [-0.3, -0.25) is 0 Å². The molecule has 0 atom stereocenters. The summed E-state index contributed by atoms with van der Waals surface area (Å²) in [5.41, 5.74) is 0.775. The standard InChI is InChI=1S/C14H13BrFN3/c1-14(2,3)10-4-11(15)13(12(16)5-10)19-8-9(6-17)7-18/h4-5,8,19H,1-3H3. The molecular weight excluding hydrogens is 309 g/mol. The van der Waals surface area contributed by atoms with Gasteiger partial charge in [-0.2, -0.15) is 10.5 Å². The zero-order valence-corrected chi connectivity index (χ0v) is 12.5. The van der Waals surface area contributed by atoms with Crippen molar-refractivity contribution in [2.45, 2.75) is 26.2 Å². The minimum atomic E-state index is -0.439. The highest BCUT2D eigenvalue weighted by atomic mass is 79.9. The molecule has 0 heterocycles. The number of nitrogens with zero attached hydrogens (tertiary/aromatic N) is 2. The van der Waals surface area contributed by atoms with Gasteiger partial charge in [-0.05, 0) is 39.0 Å². The van der Waals surface area contributed by atoms with Crippen molar-refractivity contribution < 1.29 is 4.39 Å². The second-order valence-corrected chi connectivity index (χ2v) is 5.85. The Morgan fingerprint density at radius 2 is 1.89 bits per heavy atom. The molecule has 1 aromatic carbocycles. The summed E-state index contributed by atoms with van der Waals surface area (Å²) in [5, 5.41) is 19.8. The molecule has 0 aliphatic heterocycles. The Morgan fingerprint density at radius 3 is 2.32 bits per heavy atom. The molecule has 0 saturated carbocycles. The Bertz CT molecular complexity index is 562. The molecule has 0 unspecified atom stereocenters. The zero-order chi connectivity index (χ0) is 14.6. The molecule has 5 heteroatoms. The lowest BCUT2D eigenvalue weighted by Gasteiger charge is -2.20. The average Bonchev–Trinajstić information content (AvgIpc) is 2.31. The van der Waals surface area contributed by atoms with E-state index >= 15 is 0 Å². The van der Waals surface area contributed by atoms with Crippen molar-refractivity contribution in [3.05, 3.63) is 39.8 Å². The number of benzene rings is 1. The van der Waals surface area contributed by atoms with Crippen LogP contribution in [0.1, 0.15) is 26.3 Å². The summed E-state index contributed by atoms with van der Waals surface area (Å²) >= 11 is 3.29. The van der Waals surface area contributed by atoms with Crippen molar-refractivity contribution in [1.29, 1.82) is 10.5 Å². The van der Waals surface area contributed by atoms with Gasteiger partial charge in [0.15, 0.2) is 0 Å². The Labute approximate surface area is 120 Å². The van der Waals surface area contributed by atoms with E-state index in [0.29, 0.717) is 4.47 Å². The molecule has 0 saturated heterocycles. The second kappa shape index (κ2) is 5.86. The summed E-state index contributed by atoms with van der Waals surface area (Å²) in [7, 11) is 0. The number of anilines is 1. The minimum absolute atomic E-state index is 0.119. The van der Waals surface area contributed by atoms with Crippen LogP contribution in [0, 0.1) is 28.5 Å². The van der Waals surface area contributed by atoms with Gasteiger partial charge in [-0.15, -0.1) is 0 Å². The largest absolute Gasteiger partial charge is 0.357 e. The van der Waals surface area contributed by atoms with Crippen molar-refractivity contribution in [3.8, 4) is 12.1 Å². The van der Waals surface area contributed by atoms with Crippen molar-refractivity contribution in [2.75, 3.05) is 5.32 Å². The first-order valence-electron chi connectivity index (χ1n) is 5.56. The lowest BCUT2D eigenvalue weighted by molar-refractivity contribution is 0.573. The van der Waals surface area contributed by atoms with Crippen molar-refractivity contribution in [3.63, 3.8) is 0 Å². The molecule has 0 aliphatic rings. The van der Waals surface area contributed by atoms with Crippen LogP contribution in [0.2, 0.25) is 0 Å². The van der Waals surface area contributed by atoms with E-state index in [1.165, 1.54) is 12.3 Å². The summed E-state index contributed by atoms with van der Waals surface area (Å²) in [4.78, 5) is 0. The maximum atomic E-state index is 14.0. The van der Waals surface area contributed by atoms with E-state index in [-0.39, 0.29) is 16.7 Å². The fourth-order valence-corrected chi connectivity index (χ4v) is 1.93. The third-order valence-corrected chi connectivity index (χ3v) is 3.14. The van der Waals surface area contributed by atoms with Crippen LogP contribution in [-0.4, -0.2) is 0 Å². The molecule has 0 amide bonds. The Hall–Kier alpha value is -1.85. The molecule has 98 valence electrons. The van der Waals surface area contributed by atoms with E-state index in [2.05, 4.69) is 21.2 Å². The van der Waals surface area contributed by atoms with Gasteiger partial charge in [-0.25, -0.2) is 4.39 Å². The first-order valence-corrected chi connectivity index (χ1v) is 6.35. The fraction of sp³-hybridized carbons (Fsp3) is 0.286. The fourth-order valence-electron chi connectivity index (χ4n) is 1.38. The van der Waals surface area contributed by atoms with Crippen LogP contribution in [0.15, 0.2) is 28.4 Å². The molecule has 3 nitrogen and oxygen atoms in total. The van der Waals surface area contributed by atoms with Gasteiger partial charge < -0.3 is 5.32 Å². The SMILES string of the molecule is CC(C)(C)c1cc(F)c(NC=C(C#N)C#N)c(Br)c1. The lowest BCUT2D eigenvalue weighted by Crippen LogP contribution is -2.12. The third kappa shape index (κ3) is 3.81. The van der Waals surface area contributed by atoms with Crippen molar-refractivity contribution >= 4 is 21.6 Å². The molecule has 0 aliphatic carbocycles. The smallest absolute Gasteiger partial charge is 0.148 e. The van der Waals surface area contributed by atoms with Gasteiger partial charge >= 0.3 is 0 Å². The van der Waals surface area contributed by atoms with Crippen LogP contribution in [0.3, 0.4) is 0 Å². The number of hydrogen-bond donors (Lipinski definition) is 1. The quantitative estimate of drug-likeness (QED) is 0.829. The van der Waals surface area contributed by atoms with E-state index < -0.39 is 5.82 Å². The normalized spacial score (nSPS) is 10.3. The predicted octanol–water partition coefficient (Wildman–Crippen LogP) is 4.23. The first-order chi connectivity index (χ1) is 8.79. The second-order valence-electron chi connectivity index (χ2n) is 4.99. The maximum absolute atomic E-state index is 14.0. The molecule has 1 N–H and O–H groups in total. The van der Waals surface area contributed by atoms with Crippen LogP contribution >= 0.6 is 15.9 Å². The summed E-state index contributed by atoms with van der Waals surface area (Å²) in [6.45, 7) is 5.97. The van der Waals surface area contributed by atoms with Gasteiger partial charge in [0.05, 0.1) is 5.69 Å². The molecule has 0 fully saturated rings. The zero-order valence-electron chi connectivity index (χ0n) is 10.9. The van der Waals surface area contributed by atoms with Gasteiger partial charge in [0.1, 0.15) is 23.5 Å². The monoisotopic (exact) mass is 321 g/mol. The van der Waals surface area contributed by atoms with Crippen molar-refractivity contribution in [2.24, 2.45) is 0 Å². The minimum Gasteiger partial charge on any atom is -0.357 e. The highest BCUT2D eigenvalue weighted by Gasteiger charge is 2.18. The maximum Gasteiger partial charge on any atom is 0.148 e. The average molecular weight is 322 g/mol. The Balaban J connectivity index is 3.17. The Morgan fingerprint density at radius 1 is 1.32 bits per heavy atom. The highest BCUT2D eigenvalue weighted by molar-refractivity contribution is 9.10. The predicted molar refractivity (Wildman–Crippen MR) is 75.7 cm³/mol. The summed E-state index contributed by atoms with van der Waals surface area (Å²) in [6.07, 6.45) is 1.18. The number of nitriles is 2.